The monoisotopic (exact) mass is 450 g/mol. The number of benzene rings is 2. The lowest BCUT2D eigenvalue weighted by molar-refractivity contribution is -0.274. The van der Waals surface area contributed by atoms with Gasteiger partial charge in [0, 0.05) is 5.38 Å². The number of carbonyl (C=O) groups is 1. The predicted octanol–water partition coefficient (Wildman–Crippen LogP) is 5.35. The van der Waals surface area contributed by atoms with Gasteiger partial charge in [-0.15, -0.1) is 24.5 Å². The third-order valence-electron chi connectivity index (χ3n) is 4.32. The number of aromatic nitrogens is 1. The Labute approximate surface area is 181 Å². The van der Waals surface area contributed by atoms with Gasteiger partial charge in [0.15, 0.2) is 0 Å². The number of aryl methyl sites for hydroxylation is 1. The third-order valence-corrected chi connectivity index (χ3v) is 5.19. The lowest BCUT2D eigenvalue weighted by atomic mass is 10.1. The standard InChI is InChI=1S/C22H21F3N2O3S/c1-14-3-7-18(8-4-14)29-12-21-27-17(13-31-21)11-20(28)26-15(2)16-5-9-19(10-6-16)30-22(23,24)25/h3-10,13,15H,11-12H2,1-2H3,(H,26,28). The first kappa shape index (κ1) is 22.6. The first-order valence-corrected chi connectivity index (χ1v) is 10.3. The minimum absolute atomic E-state index is 0.0979. The van der Waals surface area contributed by atoms with E-state index in [1.165, 1.54) is 35.6 Å². The summed E-state index contributed by atoms with van der Waals surface area (Å²) in [6.07, 6.45) is -4.64. The Hall–Kier alpha value is -3.07. The van der Waals surface area contributed by atoms with Crippen molar-refractivity contribution in [2.45, 2.75) is 39.3 Å². The van der Waals surface area contributed by atoms with Crippen LogP contribution in [-0.2, 0) is 17.8 Å². The maximum Gasteiger partial charge on any atom is 0.573 e. The maximum atomic E-state index is 12.3. The number of halogens is 3. The molecule has 1 amide bonds. The molecule has 5 nitrogen and oxygen atoms in total. The highest BCUT2D eigenvalue weighted by Gasteiger charge is 2.31. The van der Waals surface area contributed by atoms with Gasteiger partial charge in [0.2, 0.25) is 5.91 Å². The Bertz CT molecular complexity index is 1000. The quantitative estimate of drug-likeness (QED) is 0.503. The topological polar surface area (TPSA) is 60.5 Å². The van der Waals surface area contributed by atoms with E-state index in [9.17, 15) is 18.0 Å². The SMILES string of the molecule is Cc1ccc(OCc2nc(CC(=O)NC(C)c3ccc(OC(F)(F)F)cc3)cs2)cc1. The number of nitrogens with one attached hydrogen (secondary N) is 1. The molecule has 0 saturated heterocycles. The molecule has 1 atom stereocenters. The molecule has 164 valence electrons. The summed E-state index contributed by atoms with van der Waals surface area (Å²) >= 11 is 1.41. The second-order valence-electron chi connectivity index (χ2n) is 6.92. The van der Waals surface area contributed by atoms with Crippen LogP contribution in [0, 0.1) is 6.92 Å². The summed E-state index contributed by atoms with van der Waals surface area (Å²) in [6, 6.07) is 12.7. The van der Waals surface area contributed by atoms with Crippen molar-refractivity contribution in [3.63, 3.8) is 0 Å². The Morgan fingerprint density at radius 1 is 1.10 bits per heavy atom. The van der Waals surface area contributed by atoms with Crippen molar-refractivity contribution < 1.29 is 27.4 Å². The Balaban J connectivity index is 1.48. The molecule has 0 aliphatic carbocycles. The minimum Gasteiger partial charge on any atom is -0.486 e. The molecular formula is C22H21F3N2O3S. The van der Waals surface area contributed by atoms with Crippen LogP contribution in [-0.4, -0.2) is 17.3 Å². The zero-order valence-electron chi connectivity index (χ0n) is 16.9. The number of nitrogens with zero attached hydrogens (tertiary/aromatic N) is 1. The first-order valence-electron chi connectivity index (χ1n) is 9.46. The van der Waals surface area contributed by atoms with Gasteiger partial charge in [0.1, 0.15) is 23.1 Å². The predicted molar refractivity (Wildman–Crippen MR) is 111 cm³/mol. The number of hydrogen-bond acceptors (Lipinski definition) is 5. The number of thiazole rings is 1. The van der Waals surface area contributed by atoms with Gasteiger partial charge in [-0.2, -0.15) is 0 Å². The zero-order valence-corrected chi connectivity index (χ0v) is 17.7. The Kier molecular flexibility index (Phi) is 7.17. The van der Waals surface area contributed by atoms with E-state index in [2.05, 4.69) is 15.0 Å². The highest BCUT2D eigenvalue weighted by molar-refractivity contribution is 7.09. The smallest absolute Gasteiger partial charge is 0.486 e. The van der Waals surface area contributed by atoms with Crippen molar-refractivity contribution in [2.75, 3.05) is 0 Å². The molecule has 2 aromatic carbocycles. The molecule has 31 heavy (non-hydrogen) atoms. The average Bonchev–Trinajstić information content (AvgIpc) is 3.14. The molecule has 1 unspecified atom stereocenters. The number of amides is 1. The molecule has 3 rings (SSSR count). The van der Waals surface area contributed by atoms with Crippen LogP contribution in [0.4, 0.5) is 13.2 Å². The molecule has 0 spiro atoms. The normalized spacial score (nSPS) is 12.3. The van der Waals surface area contributed by atoms with E-state index < -0.39 is 6.36 Å². The zero-order chi connectivity index (χ0) is 22.4. The molecule has 0 aliphatic rings. The van der Waals surface area contributed by atoms with Crippen molar-refractivity contribution >= 4 is 17.2 Å². The van der Waals surface area contributed by atoms with Crippen LogP contribution in [0.15, 0.2) is 53.9 Å². The first-order chi connectivity index (χ1) is 14.7. The van der Waals surface area contributed by atoms with Crippen LogP contribution >= 0.6 is 11.3 Å². The summed E-state index contributed by atoms with van der Waals surface area (Å²) in [4.78, 5) is 16.7. The number of hydrogen-bond donors (Lipinski definition) is 1. The Morgan fingerprint density at radius 3 is 2.39 bits per heavy atom. The van der Waals surface area contributed by atoms with E-state index in [4.69, 9.17) is 4.74 Å². The molecule has 1 N–H and O–H groups in total. The minimum atomic E-state index is -4.74. The van der Waals surface area contributed by atoms with Crippen molar-refractivity contribution in [1.82, 2.24) is 10.3 Å². The lowest BCUT2D eigenvalue weighted by Gasteiger charge is -2.15. The molecule has 0 fully saturated rings. The van der Waals surface area contributed by atoms with Gasteiger partial charge in [0.25, 0.3) is 0 Å². The van der Waals surface area contributed by atoms with Gasteiger partial charge in [-0.25, -0.2) is 4.98 Å². The van der Waals surface area contributed by atoms with Gasteiger partial charge < -0.3 is 14.8 Å². The second-order valence-corrected chi connectivity index (χ2v) is 7.86. The largest absolute Gasteiger partial charge is 0.573 e. The van der Waals surface area contributed by atoms with Gasteiger partial charge in [-0.05, 0) is 43.7 Å². The molecule has 0 saturated carbocycles. The lowest BCUT2D eigenvalue weighted by Crippen LogP contribution is -2.28. The molecule has 3 aromatic rings. The summed E-state index contributed by atoms with van der Waals surface area (Å²) in [5.41, 5.74) is 2.44. The number of carbonyl (C=O) groups excluding carboxylic acids is 1. The van der Waals surface area contributed by atoms with Crippen molar-refractivity contribution in [1.29, 1.82) is 0 Å². The molecule has 0 bridgehead atoms. The van der Waals surface area contributed by atoms with Gasteiger partial charge >= 0.3 is 6.36 Å². The van der Waals surface area contributed by atoms with E-state index >= 15 is 0 Å². The molecular weight excluding hydrogens is 429 g/mol. The Morgan fingerprint density at radius 2 is 1.74 bits per heavy atom. The fraction of sp³-hybridized carbons (Fsp3) is 0.273. The van der Waals surface area contributed by atoms with Gasteiger partial charge in [-0.1, -0.05) is 29.8 Å². The summed E-state index contributed by atoms with van der Waals surface area (Å²) in [5.74, 6) is 0.206. The van der Waals surface area contributed by atoms with Crippen LogP contribution in [0.5, 0.6) is 11.5 Å². The third kappa shape index (κ3) is 7.29. The summed E-state index contributed by atoms with van der Waals surface area (Å²) < 4.78 is 46.3. The van der Waals surface area contributed by atoms with Crippen LogP contribution < -0.4 is 14.8 Å². The second kappa shape index (κ2) is 9.82. The molecule has 1 aromatic heterocycles. The van der Waals surface area contributed by atoms with Gasteiger partial charge in [-0.3, -0.25) is 4.79 Å². The summed E-state index contributed by atoms with van der Waals surface area (Å²) in [6.45, 7) is 4.07. The van der Waals surface area contributed by atoms with Crippen molar-refractivity contribution in [2.24, 2.45) is 0 Å². The average molecular weight is 450 g/mol. The van der Waals surface area contributed by atoms with Crippen LogP contribution in [0.25, 0.3) is 0 Å². The van der Waals surface area contributed by atoms with Crippen molar-refractivity contribution in [3.8, 4) is 11.5 Å². The van der Waals surface area contributed by atoms with Crippen LogP contribution in [0.2, 0.25) is 0 Å². The molecule has 9 heteroatoms. The van der Waals surface area contributed by atoms with E-state index in [1.54, 1.807) is 12.3 Å². The van der Waals surface area contributed by atoms with E-state index in [1.807, 2.05) is 31.2 Å². The maximum absolute atomic E-state index is 12.3. The van der Waals surface area contributed by atoms with Gasteiger partial charge in [0.05, 0.1) is 18.2 Å². The fourth-order valence-electron chi connectivity index (χ4n) is 2.77. The van der Waals surface area contributed by atoms with Crippen molar-refractivity contribution in [3.05, 3.63) is 75.7 Å². The van der Waals surface area contributed by atoms with Crippen LogP contribution in [0.1, 0.15) is 34.8 Å². The van der Waals surface area contributed by atoms with E-state index in [0.717, 1.165) is 16.3 Å². The van der Waals surface area contributed by atoms with E-state index in [-0.39, 0.29) is 24.1 Å². The highest BCUT2D eigenvalue weighted by atomic mass is 32.1. The number of rotatable bonds is 8. The van der Waals surface area contributed by atoms with E-state index in [0.29, 0.717) is 17.9 Å². The molecule has 0 radical (unpaired) electrons. The number of ether oxygens (including phenoxy) is 2. The van der Waals surface area contributed by atoms with Crippen LogP contribution in [0.3, 0.4) is 0 Å². The fourth-order valence-corrected chi connectivity index (χ4v) is 3.48. The molecule has 0 aliphatic heterocycles. The summed E-state index contributed by atoms with van der Waals surface area (Å²) in [5, 5.41) is 5.38. The highest BCUT2D eigenvalue weighted by Crippen LogP contribution is 2.24. The number of alkyl halides is 3. The summed E-state index contributed by atoms with van der Waals surface area (Å²) in [7, 11) is 0. The molecule has 1 heterocycles.